The van der Waals surface area contributed by atoms with E-state index in [2.05, 4.69) is 0 Å². The summed E-state index contributed by atoms with van der Waals surface area (Å²) in [6, 6.07) is 4.08. The summed E-state index contributed by atoms with van der Waals surface area (Å²) in [4.78, 5) is -0.213. The van der Waals surface area contributed by atoms with Crippen molar-refractivity contribution in [3.8, 4) is 0 Å². The largest absolute Gasteiger partial charge is 0.329 e. The van der Waals surface area contributed by atoms with Crippen LogP contribution in [0.5, 0.6) is 0 Å². The minimum atomic E-state index is -3.81. The molecule has 0 bridgehead atoms. The Hall–Kier alpha value is -0.690. The molecule has 1 aliphatic rings. The zero-order chi connectivity index (χ0) is 14.0. The Kier molecular flexibility index (Phi) is 5.94. The van der Waals surface area contributed by atoms with E-state index in [1.165, 1.54) is 16.4 Å². The number of nitrogens with zero attached hydrogens (tertiary/aromatic N) is 1. The number of nitrogens with two attached hydrogens (primary N) is 1. The van der Waals surface area contributed by atoms with Gasteiger partial charge >= 0.3 is 0 Å². The summed E-state index contributed by atoms with van der Waals surface area (Å²) in [7, 11) is -3.81. The molecule has 2 rings (SSSR count). The molecule has 1 heterocycles. The van der Waals surface area contributed by atoms with Gasteiger partial charge in [-0.3, -0.25) is 0 Å². The standard InChI is InChI=1S/C13H19FN2O2S.ClH/c1-10-5-4-7-12(14)13(10)19(17,18)16-8-3-2-6-11(16)9-15;/h4-5,7,11H,2-3,6,8-9,15H2,1H3;1H. The molecule has 1 atom stereocenters. The first-order valence-corrected chi connectivity index (χ1v) is 7.89. The maximum absolute atomic E-state index is 13.9. The molecule has 4 nitrogen and oxygen atoms in total. The van der Waals surface area contributed by atoms with E-state index in [0.717, 1.165) is 19.3 Å². The third kappa shape index (κ3) is 3.14. The summed E-state index contributed by atoms with van der Waals surface area (Å²) < 4.78 is 40.5. The zero-order valence-electron chi connectivity index (χ0n) is 11.4. The number of piperidine rings is 1. The minimum absolute atomic E-state index is 0. The fraction of sp³-hybridized carbons (Fsp3) is 0.538. The first-order valence-electron chi connectivity index (χ1n) is 6.45. The van der Waals surface area contributed by atoms with Crippen LogP contribution >= 0.6 is 12.4 Å². The van der Waals surface area contributed by atoms with Crippen LogP contribution in [0.2, 0.25) is 0 Å². The van der Waals surface area contributed by atoms with E-state index in [9.17, 15) is 12.8 Å². The van der Waals surface area contributed by atoms with Crippen LogP contribution in [0.15, 0.2) is 23.1 Å². The molecule has 1 unspecified atom stereocenters. The number of rotatable bonds is 3. The van der Waals surface area contributed by atoms with Gasteiger partial charge in [-0.25, -0.2) is 12.8 Å². The molecule has 0 amide bonds. The summed E-state index contributed by atoms with van der Waals surface area (Å²) in [6.45, 7) is 2.29. The van der Waals surface area contributed by atoms with Crippen molar-refractivity contribution in [1.29, 1.82) is 0 Å². The highest BCUT2D eigenvalue weighted by Gasteiger charge is 2.35. The quantitative estimate of drug-likeness (QED) is 0.926. The third-order valence-electron chi connectivity index (χ3n) is 3.58. The molecular weight excluding hydrogens is 303 g/mol. The molecule has 0 spiro atoms. The van der Waals surface area contributed by atoms with Crippen molar-refractivity contribution in [3.63, 3.8) is 0 Å². The van der Waals surface area contributed by atoms with Gasteiger partial charge in [-0.05, 0) is 31.4 Å². The number of hydrogen-bond acceptors (Lipinski definition) is 3. The van der Waals surface area contributed by atoms with Gasteiger partial charge in [0.2, 0.25) is 10.0 Å². The Morgan fingerprint density at radius 1 is 1.40 bits per heavy atom. The van der Waals surface area contributed by atoms with E-state index in [1.807, 2.05) is 0 Å². The molecule has 1 aliphatic heterocycles. The Labute approximate surface area is 125 Å². The van der Waals surface area contributed by atoms with Crippen molar-refractivity contribution in [1.82, 2.24) is 4.31 Å². The lowest BCUT2D eigenvalue weighted by atomic mass is 10.1. The Balaban J connectivity index is 0.00000200. The number of sulfonamides is 1. The topological polar surface area (TPSA) is 63.4 Å². The predicted molar refractivity (Wildman–Crippen MR) is 79.0 cm³/mol. The number of benzene rings is 1. The maximum atomic E-state index is 13.9. The number of hydrogen-bond donors (Lipinski definition) is 1. The Bertz CT molecular complexity index is 545. The molecule has 7 heteroatoms. The molecule has 0 saturated carbocycles. The lowest BCUT2D eigenvalue weighted by Crippen LogP contribution is -2.47. The maximum Gasteiger partial charge on any atom is 0.246 e. The van der Waals surface area contributed by atoms with Crippen LogP contribution in [-0.4, -0.2) is 31.9 Å². The predicted octanol–water partition coefficient (Wildman–Crippen LogP) is 2.06. The van der Waals surface area contributed by atoms with Crippen LogP contribution in [0, 0.1) is 12.7 Å². The lowest BCUT2D eigenvalue weighted by molar-refractivity contribution is 0.256. The normalized spacial score (nSPS) is 20.4. The smallest absolute Gasteiger partial charge is 0.246 e. The van der Waals surface area contributed by atoms with Gasteiger partial charge in [0.1, 0.15) is 10.7 Å². The van der Waals surface area contributed by atoms with Crippen molar-refractivity contribution in [2.45, 2.75) is 37.1 Å². The second-order valence-corrected chi connectivity index (χ2v) is 6.71. The van der Waals surface area contributed by atoms with E-state index in [0.29, 0.717) is 12.1 Å². The van der Waals surface area contributed by atoms with Crippen LogP contribution in [0.1, 0.15) is 24.8 Å². The fourth-order valence-electron chi connectivity index (χ4n) is 2.59. The third-order valence-corrected chi connectivity index (χ3v) is 5.71. The first kappa shape index (κ1) is 17.4. The second kappa shape index (κ2) is 6.85. The first-order chi connectivity index (χ1) is 8.98. The van der Waals surface area contributed by atoms with Gasteiger partial charge in [-0.1, -0.05) is 18.6 Å². The van der Waals surface area contributed by atoms with E-state index >= 15 is 0 Å². The van der Waals surface area contributed by atoms with Gasteiger partial charge in [0.05, 0.1) is 0 Å². The highest BCUT2D eigenvalue weighted by molar-refractivity contribution is 7.89. The van der Waals surface area contributed by atoms with Gasteiger partial charge in [0.15, 0.2) is 0 Å². The summed E-state index contributed by atoms with van der Waals surface area (Å²) in [5.41, 5.74) is 6.08. The van der Waals surface area contributed by atoms with Crippen LogP contribution in [0.25, 0.3) is 0 Å². The van der Waals surface area contributed by atoms with Gasteiger partial charge in [0, 0.05) is 19.1 Å². The molecule has 0 radical (unpaired) electrons. The molecule has 114 valence electrons. The van der Waals surface area contributed by atoms with E-state index in [-0.39, 0.29) is 29.9 Å². The highest BCUT2D eigenvalue weighted by Crippen LogP contribution is 2.28. The van der Waals surface area contributed by atoms with Crippen molar-refractivity contribution in [2.24, 2.45) is 5.73 Å². The SMILES string of the molecule is Cc1cccc(F)c1S(=O)(=O)N1CCCCC1CN.Cl. The van der Waals surface area contributed by atoms with Crippen molar-refractivity contribution in [2.75, 3.05) is 13.1 Å². The number of aryl methyl sites for hydroxylation is 1. The average Bonchev–Trinajstić information content (AvgIpc) is 2.38. The molecule has 20 heavy (non-hydrogen) atoms. The van der Waals surface area contributed by atoms with E-state index < -0.39 is 15.8 Å². The summed E-state index contributed by atoms with van der Waals surface area (Å²) in [6.07, 6.45) is 2.50. The van der Waals surface area contributed by atoms with Gasteiger partial charge < -0.3 is 5.73 Å². The Morgan fingerprint density at radius 2 is 2.10 bits per heavy atom. The monoisotopic (exact) mass is 322 g/mol. The van der Waals surface area contributed by atoms with Crippen molar-refractivity contribution < 1.29 is 12.8 Å². The minimum Gasteiger partial charge on any atom is -0.329 e. The van der Waals surface area contributed by atoms with Crippen LogP contribution in [-0.2, 0) is 10.0 Å². The molecule has 0 aliphatic carbocycles. The summed E-state index contributed by atoms with van der Waals surface area (Å²) in [5, 5.41) is 0. The van der Waals surface area contributed by atoms with E-state index in [1.54, 1.807) is 13.0 Å². The van der Waals surface area contributed by atoms with E-state index in [4.69, 9.17) is 5.73 Å². The summed E-state index contributed by atoms with van der Waals surface area (Å²) in [5.74, 6) is -0.693. The Morgan fingerprint density at radius 3 is 2.70 bits per heavy atom. The lowest BCUT2D eigenvalue weighted by Gasteiger charge is -2.34. The number of halogens is 2. The van der Waals surface area contributed by atoms with Gasteiger partial charge in [-0.15, -0.1) is 12.4 Å². The highest BCUT2D eigenvalue weighted by atomic mass is 35.5. The second-order valence-electron chi connectivity index (χ2n) is 4.89. The average molecular weight is 323 g/mol. The molecular formula is C13H20ClFN2O2S. The van der Waals surface area contributed by atoms with Crippen molar-refractivity contribution in [3.05, 3.63) is 29.6 Å². The summed E-state index contributed by atoms with van der Waals surface area (Å²) >= 11 is 0. The molecule has 1 fully saturated rings. The van der Waals surface area contributed by atoms with Gasteiger partial charge in [0.25, 0.3) is 0 Å². The van der Waals surface area contributed by atoms with Crippen LogP contribution in [0.4, 0.5) is 4.39 Å². The van der Waals surface area contributed by atoms with Crippen LogP contribution in [0.3, 0.4) is 0 Å². The van der Waals surface area contributed by atoms with Crippen LogP contribution < -0.4 is 5.73 Å². The molecule has 2 N–H and O–H groups in total. The molecule has 0 aromatic heterocycles. The van der Waals surface area contributed by atoms with Crippen molar-refractivity contribution >= 4 is 22.4 Å². The molecule has 1 saturated heterocycles. The molecule has 1 aromatic carbocycles. The zero-order valence-corrected chi connectivity index (χ0v) is 13.0. The fourth-order valence-corrected chi connectivity index (χ4v) is 4.56. The molecule has 1 aromatic rings. The van der Waals surface area contributed by atoms with Gasteiger partial charge in [-0.2, -0.15) is 4.31 Å².